The summed E-state index contributed by atoms with van der Waals surface area (Å²) < 4.78 is 84.1. The summed E-state index contributed by atoms with van der Waals surface area (Å²) in [6.45, 7) is 3.22. The van der Waals surface area contributed by atoms with Gasteiger partial charge in [-0.3, -0.25) is 0 Å². The Bertz CT molecular complexity index is 623. The van der Waals surface area contributed by atoms with Crippen LogP contribution in [0.3, 0.4) is 0 Å². The lowest BCUT2D eigenvalue weighted by Gasteiger charge is -2.30. The molecule has 0 N–H and O–H groups in total. The first kappa shape index (κ1) is 18.1. The Morgan fingerprint density at radius 2 is 1.82 bits per heavy atom. The fourth-order valence-corrected chi connectivity index (χ4v) is 5.15. The second kappa shape index (κ2) is 5.99. The van der Waals surface area contributed by atoms with Gasteiger partial charge in [-0.1, -0.05) is 13.3 Å². The molecule has 0 fully saturated rings. The summed E-state index contributed by atoms with van der Waals surface area (Å²) >= 11 is 2.87. The van der Waals surface area contributed by atoms with E-state index < -0.39 is 35.0 Å². The van der Waals surface area contributed by atoms with Crippen molar-refractivity contribution in [2.24, 2.45) is 0 Å². The summed E-state index contributed by atoms with van der Waals surface area (Å²) in [5.74, 6) is -9.86. The predicted molar refractivity (Wildman–Crippen MR) is 82.3 cm³/mol. The molecule has 0 saturated carbocycles. The van der Waals surface area contributed by atoms with E-state index in [1.165, 1.54) is 6.92 Å². The van der Waals surface area contributed by atoms with Crippen LogP contribution >= 0.6 is 33.9 Å². The topological polar surface area (TPSA) is 0 Å². The Hall–Kier alpha value is -0.250. The minimum atomic E-state index is -4.85. The smallest absolute Gasteiger partial charge is 0.235 e. The fraction of sp³-hybridized carbons (Fsp3) is 0.571. The third-order valence-electron chi connectivity index (χ3n) is 3.79. The number of rotatable bonds is 4. The monoisotopic (exact) mass is 454 g/mol. The summed E-state index contributed by atoms with van der Waals surface area (Å²) in [6, 6.07) is 0. The molecular weight excluding hydrogens is 441 g/mol. The van der Waals surface area contributed by atoms with Gasteiger partial charge in [-0.15, -0.1) is 11.3 Å². The number of alkyl halides is 4. The van der Waals surface area contributed by atoms with Crippen molar-refractivity contribution in [2.45, 2.75) is 50.9 Å². The van der Waals surface area contributed by atoms with Gasteiger partial charge in [0.25, 0.3) is 0 Å². The number of thiophene rings is 1. The molecule has 1 heterocycles. The van der Waals surface area contributed by atoms with Crippen LogP contribution in [0.5, 0.6) is 0 Å². The van der Waals surface area contributed by atoms with Crippen LogP contribution in [0, 0.1) is 9.81 Å². The number of allylic oxidation sites excluding steroid dienone is 2. The van der Waals surface area contributed by atoms with Gasteiger partial charge in [0.2, 0.25) is 11.5 Å². The first-order chi connectivity index (χ1) is 10.1. The highest BCUT2D eigenvalue weighted by Gasteiger charge is 2.73. The normalized spacial score (nSPS) is 27.8. The van der Waals surface area contributed by atoms with Crippen LogP contribution in [0.15, 0.2) is 11.7 Å². The van der Waals surface area contributed by atoms with E-state index >= 15 is 4.39 Å². The van der Waals surface area contributed by atoms with E-state index in [4.69, 9.17) is 0 Å². The highest BCUT2D eigenvalue weighted by Crippen LogP contribution is 2.60. The number of aryl methyl sites for hydroxylation is 1. The molecule has 1 aromatic heterocycles. The second-order valence-electron chi connectivity index (χ2n) is 5.20. The molecule has 1 aromatic rings. The highest BCUT2D eigenvalue weighted by molar-refractivity contribution is 14.1. The van der Waals surface area contributed by atoms with Gasteiger partial charge in [0.1, 0.15) is 0 Å². The number of halogens is 7. The Kier molecular flexibility index (Phi) is 4.93. The van der Waals surface area contributed by atoms with Crippen LogP contribution in [-0.4, -0.2) is 12.1 Å². The Morgan fingerprint density at radius 1 is 1.23 bits per heavy atom. The van der Waals surface area contributed by atoms with Gasteiger partial charge in [0.05, 0.1) is 2.88 Å². The Labute approximate surface area is 141 Å². The van der Waals surface area contributed by atoms with Crippen molar-refractivity contribution in [3.8, 4) is 0 Å². The van der Waals surface area contributed by atoms with Crippen molar-refractivity contribution >= 4 is 33.9 Å². The van der Waals surface area contributed by atoms with Crippen molar-refractivity contribution in [2.75, 3.05) is 0 Å². The van der Waals surface area contributed by atoms with E-state index in [2.05, 4.69) is 0 Å². The molecule has 0 amide bonds. The predicted octanol–water partition coefficient (Wildman–Crippen LogP) is 6.31. The van der Waals surface area contributed by atoms with Crippen LogP contribution in [0.4, 0.5) is 26.3 Å². The minimum absolute atomic E-state index is 0.114. The van der Waals surface area contributed by atoms with Crippen LogP contribution in [-0.2, 0) is 12.1 Å². The van der Waals surface area contributed by atoms with Crippen LogP contribution in [0.25, 0.3) is 0 Å². The van der Waals surface area contributed by atoms with Gasteiger partial charge in [-0.2, -0.15) is 8.78 Å². The van der Waals surface area contributed by atoms with Gasteiger partial charge >= 0.3 is 5.92 Å². The zero-order valence-corrected chi connectivity index (χ0v) is 14.7. The van der Waals surface area contributed by atoms with Crippen LogP contribution in [0.1, 0.15) is 35.8 Å². The maximum Gasteiger partial charge on any atom is 0.342 e. The minimum Gasteiger partial charge on any atom is -0.235 e. The molecule has 1 aliphatic rings. The first-order valence-electron chi connectivity index (χ1n) is 6.65. The molecule has 0 aromatic carbocycles. The lowest BCUT2D eigenvalue weighted by atomic mass is 9.85. The quantitative estimate of drug-likeness (QED) is 0.370. The summed E-state index contributed by atoms with van der Waals surface area (Å²) in [4.78, 5) is 0.114. The van der Waals surface area contributed by atoms with E-state index in [-0.39, 0.29) is 16.9 Å². The molecule has 124 valence electrons. The SMILES string of the molecule is CCCCc1c(I)sc(C)c1C1(F)C(F)C(F)=C(F)C1(F)F. The van der Waals surface area contributed by atoms with Gasteiger partial charge < -0.3 is 0 Å². The van der Waals surface area contributed by atoms with E-state index in [1.54, 1.807) is 0 Å². The Morgan fingerprint density at radius 3 is 2.27 bits per heavy atom. The van der Waals surface area contributed by atoms with Crippen molar-refractivity contribution < 1.29 is 26.3 Å². The third-order valence-corrected chi connectivity index (χ3v) is 6.04. The van der Waals surface area contributed by atoms with Gasteiger partial charge in [-0.05, 0) is 47.9 Å². The third kappa shape index (κ3) is 2.32. The van der Waals surface area contributed by atoms with E-state index in [1.807, 2.05) is 29.5 Å². The van der Waals surface area contributed by atoms with Crippen molar-refractivity contribution in [1.29, 1.82) is 0 Å². The average Bonchev–Trinajstić information content (AvgIpc) is 2.80. The van der Waals surface area contributed by atoms with E-state index in [0.29, 0.717) is 9.30 Å². The van der Waals surface area contributed by atoms with Crippen LogP contribution in [0.2, 0.25) is 0 Å². The molecule has 2 rings (SSSR count). The average molecular weight is 454 g/mol. The van der Waals surface area contributed by atoms with Crippen molar-refractivity contribution in [3.63, 3.8) is 0 Å². The number of unbranched alkanes of at least 4 members (excludes halogenated alkanes) is 1. The highest BCUT2D eigenvalue weighted by atomic mass is 127. The molecule has 1 aliphatic carbocycles. The molecule has 0 aliphatic heterocycles. The largest absolute Gasteiger partial charge is 0.342 e. The lowest BCUT2D eigenvalue weighted by molar-refractivity contribution is -0.137. The lowest BCUT2D eigenvalue weighted by Crippen LogP contribution is -2.45. The molecular formula is C14H13F6IS. The maximum absolute atomic E-state index is 15.0. The van der Waals surface area contributed by atoms with Crippen molar-refractivity contribution in [1.82, 2.24) is 0 Å². The van der Waals surface area contributed by atoms with Crippen molar-refractivity contribution in [3.05, 3.63) is 30.5 Å². The molecule has 0 bridgehead atoms. The fourth-order valence-electron chi connectivity index (χ4n) is 2.65. The molecule has 22 heavy (non-hydrogen) atoms. The summed E-state index contributed by atoms with van der Waals surface area (Å²) in [6.07, 6.45) is -1.78. The van der Waals surface area contributed by atoms with Gasteiger partial charge in [0, 0.05) is 10.4 Å². The number of hydrogen-bond donors (Lipinski definition) is 0. The first-order valence-corrected chi connectivity index (χ1v) is 8.54. The molecule has 8 heteroatoms. The standard InChI is InChI=1S/C14H13F6IS/c1-3-4-5-7-8(6(2)22-12(7)21)13(18)10(16)9(15)11(17)14(13,19)20/h10H,3-5H2,1-2H3. The second-order valence-corrected chi connectivity index (χ2v) is 8.24. The van der Waals surface area contributed by atoms with E-state index in [9.17, 15) is 22.0 Å². The zero-order valence-electron chi connectivity index (χ0n) is 11.8. The summed E-state index contributed by atoms with van der Waals surface area (Å²) in [7, 11) is 0. The molecule has 0 nitrogen and oxygen atoms in total. The summed E-state index contributed by atoms with van der Waals surface area (Å²) in [5.41, 5.74) is -4.42. The molecule has 0 saturated heterocycles. The molecule has 0 spiro atoms. The summed E-state index contributed by atoms with van der Waals surface area (Å²) in [5, 5.41) is 0. The molecule has 2 unspecified atom stereocenters. The van der Waals surface area contributed by atoms with E-state index in [0.717, 1.165) is 17.8 Å². The maximum atomic E-state index is 15.0. The van der Waals surface area contributed by atoms with Crippen LogP contribution < -0.4 is 0 Å². The zero-order chi connectivity index (χ0) is 16.9. The molecule has 2 atom stereocenters. The van der Waals surface area contributed by atoms with Gasteiger partial charge in [0.15, 0.2) is 12.0 Å². The molecule has 0 radical (unpaired) electrons. The Balaban J connectivity index is 2.66. The number of hydrogen-bond acceptors (Lipinski definition) is 1. The van der Waals surface area contributed by atoms with Gasteiger partial charge in [-0.25, -0.2) is 17.6 Å².